The average Bonchev–Trinajstić information content (AvgIpc) is 2.97. The summed E-state index contributed by atoms with van der Waals surface area (Å²) in [7, 11) is 3.88. The van der Waals surface area contributed by atoms with E-state index in [9.17, 15) is 4.79 Å². The standard InChI is InChI=1S/C16H21N5O/c1-10-6-15-17-8-12-13-5-4-11(7-14(12)21(15)18-10)20(13)16(22)9-19(2)3/h6,8,11,13H,4-5,7,9H2,1-3H3/t11-,13+/m1/s1. The molecule has 1 amide bonds. The molecular weight excluding hydrogens is 278 g/mol. The lowest BCUT2D eigenvalue weighted by molar-refractivity contribution is -0.135. The Morgan fingerprint density at radius 2 is 2.23 bits per heavy atom. The fraction of sp³-hybridized carbons (Fsp3) is 0.562. The van der Waals surface area contributed by atoms with E-state index in [0.29, 0.717) is 12.6 Å². The average molecular weight is 299 g/mol. The monoisotopic (exact) mass is 299 g/mol. The zero-order valence-electron chi connectivity index (χ0n) is 13.3. The van der Waals surface area contributed by atoms with Crippen LogP contribution in [0.15, 0.2) is 12.3 Å². The summed E-state index contributed by atoms with van der Waals surface area (Å²) >= 11 is 0. The Morgan fingerprint density at radius 3 is 3.00 bits per heavy atom. The van der Waals surface area contributed by atoms with E-state index >= 15 is 0 Å². The lowest BCUT2D eigenvalue weighted by Gasteiger charge is -2.36. The van der Waals surface area contributed by atoms with Crippen molar-refractivity contribution in [2.24, 2.45) is 0 Å². The first kappa shape index (κ1) is 13.7. The number of carbonyl (C=O) groups excluding carboxylic acids is 1. The van der Waals surface area contributed by atoms with E-state index < -0.39 is 0 Å². The Balaban J connectivity index is 1.77. The van der Waals surface area contributed by atoms with Gasteiger partial charge in [0.25, 0.3) is 0 Å². The van der Waals surface area contributed by atoms with E-state index in [-0.39, 0.29) is 11.9 Å². The summed E-state index contributed by atoms with van der Waals surface area (Å²) in [6.45, 7) is 2.46. The first-order valence-electron chi connectivity index (χ1n) is 7.84. The van der Waals surface area contributed by atoms with Gasteiger partial charge in [0.05, 0.1) is 24.0 Å². The molecule has 1 saturated heterocycles. The van der Waals surface area contributed by atoms with Crippen LogP contribution in [0.4, 0.5) is 0 Å². The van der Waals surface area contributed by atoms with Gasteiger partial charge in [-0.2, -0.15) is 5.10 Å². The molecule has 116 valence electrons. The van der Waals surface area contributed by atoms with Gasteiger partial charge in [0.2, 0.25) is 5.91 Å². The van der Waals surface area contributed by atoms with Crippen LogP contribution in [-0.4, -0.2) is 57.0 Å². The number of amides is 1. The molecule has 6 heteroatoms. The van der Waals surface area contributed by atoms with E-state index in [1.54, 1.807) is 0 Å². The molecule has 0 aliphatic carbocycles. The van der Waals surface area contributed by atoms with Crippen molar-refractivity contribution < 1.29 is 4.79 Å². The van der Waals surface area contributed by atoms with Crippen molar-refractivity contribution in [1.29, 1.82) is 0 Å². The van der Waals surface area contributed by atoms with Crippen LogP contribution in [0.2, 0.25) is 0 Å². The zero-order chi connectivity index (χ0) is 15.4. The van der Waals surface area contributed by atoms with Gasteiger partial charge in [-0.05, 0) is 33.9 Å². The van der Waals surface area contributed by atoms with Gasteiger partial charge in [-0.1, -0.05) is 0 Å². The third kappa shape index (κ3) is 1.94. The molecule has 1 fully saturated rings. The summed E-state index contributed by atoms with van der Waals surface area (Å²) in [5, 5.41) is 4.58. The second-order valence-corrected chi connectivity index (χ2v) is 6.71. The number of carbonyl (C=O) groups is 1. The molecular formula is C16H21N5O. The maximum atomic E-state index is 12.6. The Bertz CT molecular complexity index is 750. The summed E-state index contributed by atoms with van der Waals surface area (Å²) in [4.78, 5) is 21.2. The molecule has 0 N–H and O–H groups in total. The Hall–Kier alpha value is -1.95. The van der Waals surface area contributed by atoms with Crippen molar-refractivity contribution in [1.82, 2.24) is 24.4 Å². The first-order valence-corrected chi connectivity index (χ1v) is 7.84. The molecule has 0 aromatic carbocycles. The van der Waals surface area contributed by atoms with Crippen molar-refractivity contribution in [2.45, 2.75) is 38.3 Å². The van der Waals surface area contributed by atoms with Gasteiger partial charge in [-0.15, -0.1) is 0 Å². The van der Waals surface area contributed by atoms with Gasteiger partial charge >= 0.3 is 0 Å². The lowest BCUT2D eigenvalue weighted by atomic mass is 9.99. The van der Waals surface area contributed by atoms with Crippen LogP contribution in [0.3, 0.4) is 0 Å². The zero-order valence-corrected chi connectivity index (χ0v) is 13.3. The van der Waals surface area contributed by atoms with Crippen molar-refractivity contribution in [3.8, 4) is 0 Å². The van der Waals surface area contributed by atoms with Gasteiger partial charge in [-0.25, -0.2) is 9.50 Å². The summed E-state index contributed by atoms with van der Waals surface area (Å²) < 4.78 is 1.98. The SMILES string of the molecule is Cc1cc2ncc3c(n2n1)C[C@H]1CC[C@@H]3N1C(=O)CN(C)C. The molecule has 0 spiro atoms. The van der Waals surface area contributed by atoms with Crippen LogP contribution >= 0.6 is 0 Å². The van der Waals surface area contributed by atoms with E-state index in [0.717, 1.165) is 30.6 Å². The maximum absolute atomic E-state index is 12.6. The largest absolute Gasteiger partial charge is 0.331 e. The Kier molecular flexibility index (Phi) is 2.97. The third-order valence-corrected chi connectivity index (χ3v) is 4.77. The minimum absolute atomic E-state index is 0.169. The molecule has 2 aliphatic heterocycles. The van der Waals surface area contributed by atoms with Crippen molar-refractivity contribution in [2.75, 3.05) is 20.6 Å². The highest BCUT2D eigenvalue weighted by Crippen LogP contribution is 2.43. The fourth-order valence-corrected chi connectivity index (χ4v) is 3.93. The Morgan fingerprint density at radius 1 is 1.41 bits per heavy atom. The van der Waals surface area contributed by atoms with Crippen molar-refractivity contribution in [3.63, 3.8) is 0 Å². The highest BCUT2D eigenvalue weighted by Gasteiger charge is 2.43. The molecule has 2 bridgehead atoms. The lowest BCUT2D eigenvalue weighted by Crippen LogP contribution is -2.46. The van der Waals surface area contributed by atoms with Gasteiger partial charge in [-0.3, -0.25) is 4.79 Å². The number of likely N-dealkylation sites (N-methyl/N-ethyl adjacent to an activating group) is 1. The van der Waals surface area contributed by atoms with Gasteiger partial charge < -0.3 is 9.80 Å². The molecule has 4 heterocycles. The van der Waals surface area contributed by atoms with Crippen LogP contribution < -0.4 is 0 Å². The second kappa shape index (κ2) is 4.78. The number of nitrogens with zero attached hydrogens (tertiary/aromatic N) is 5. The number of aromatic nitrogens is 3. The molecule has 22 heavy (non-hydrogen) atoms. The van der Waals surface area contributed by atoms with Crippen LogP contribution in [-0.2, 0) is 11.2 Å². The summed E-state index contributed by atoms with van der Waals surface area (Å²) in [5.41, 5.74) is 4.30. The van der Waals surface area contributed by atoms with Gasteiger partial charge in [0.1, 0.15) is 0 Å². The molecule has 2 aromatic rings. The summed E-state index contributed by atoms with van der Waals surface area (Å²) in [6, 6.07) is 2.48. The van der Waals surface area contributed by atoms with E-state index in [2.05, 4.69) is 15.0 Å². The van der Waals surface area contributed by atoms with Crippen LogP contribution in [0, 0.1) is 6.92 Å². The maximum Gasteiger partial charge on any atom is 0.237 e. The fourth-order valence-electron chi connectivity index (χ4n) is 3.93. The topological polar surface area (TPSA) is 53.7 Å². The van der Waals surface area contributed by atoms with Crippen LogP contribution in [0.5, 0.6) is 0 Å². The third-order valence-electron chi connectivity index (χ3n) is 4.77. The van der Waals surface area contributed by atoms with E-state index in [4.69, 9.17) is 0 Å². The first-order chi connectivity index (χ1) is 10.5. The number of hydrogen-bond acceptors (Lipinski definition) is 4. The minimum atomic E-state index is 0.169. The van der Waals surface area contributed by atoms with Crippen LogP contribution in [0.1, 0.15) is 35.8 Å². The second-order valence-electron chi connectivity index (χ2n) is 6.71. The number of rotatable bonds is 2. The highest BCUT2D eigenvalue weighted by atomic mass is 16.2. The van der Waals surface area contributed by atoms with Crippen LogP contribution in [0.25, 0.3) is 5.65 Å². The summed E-state index contributed by atoms with van der Waals surface area (Å²) in [6.07, 6.45) is 4.93. The molecule has 2 aliphatic rings. The van der Waals surface area contributed by atoms with Crippen molar-refractivity contribution in [3.05, 3.63) is 29.2 Å². The molecule has 4 rings (SSSR count). The van der Waals surface area contributed by atoms with Gasteiger partial charge in [0, 0.05) is 30.3 Å². The number of hydrogen-bond donors (Lipinski definition) is 0. The predicted octanol–water partition coefficient (Wildman–Crippen LogP) is 1.19. The minimum Gasteiger partial charge on any atom is -0.331 e. The predicted molar refractivity (Wildman–Crippen MR) is 82.6 cm³/mol. The van der Waals surface area contributed by atoms with E-state index in [1.807, 2.05) is 42.7 Å². The van der Waals surface area contributed by atoms with Crippen molar-refractivity contribution >= 4 is 11.6 Å². The quantitative estimate of drug-likeness (QED) is 0.836. The smallest absolute Gasteiger partial charge is 0.237 e. The molecule has 2 atom stereocenters. The molecule has 0 saturated carbocycles. The number of fused-ring (bicyclic) bond motifs is 6. The normalized spacial score (nSPS) is 23.4. The molecule has 2 aromatic heterocycles. The summed E-state index contributed by atoms with van der Waals surface area (Å²) in [5.74, 6) is 0.222. The van der Waals surface area contributed by atoms with E-state index in [1.165, 1.54) is 11.3 Å². The molecule has 0 unspecified atom stereocenters. The molecule has 6 nitrogen and oxygen atoms in total. The Labute approximate surface area is 129 Å². The van der Waals surface area contributed by atoms with Gasteiger partial charge in [0.15, 0.2) is 5.65 Å². The molecule has 0 radical (unpaired) electrons. The highest BCUT2D eigenvalue weighted by molar-refractivity contribution is 5.80. The number of aryl methyl sites for hydroxylation is 1.